The van der Waals surface area contributed by atoms with Gasteiger partial charge >= 0.3 is 0 Å². The average molecular weight is 244 g/mol. The van der Waals surface area contributed by atoms with Crippen LogP contribution in [0.1, 0.15) is 34.6 Å². The second-order valence-electron chi connectivity index (χ2n) is 6.10. The lowest BCUT2D eigenvalue weighted by molar-refractivity contribution is -0.133. The maximum Gasteiger partial charge on any atom is 0.0791 e. The van der Waals surface area contributed by atoms with Crippen LogP contribution >= 0.6 is 0 Å². The van der Waals surface area contributed by atoms with E-state index in [1.54, 1.807) is 0 Å². The van der Waals surface area contributed by atoms with Gasteiger partial charge < -0.3 is 15.2 Å². The molecule has 1 saturated heterocycles. The first-order valence-electron chi connectivity index (χ1n) is 6.60. The third-order valence-corrected chi connectivity index (χ3v) is 2.87. The van der Waals surface area contributed by atoms with E-state index in [9.17, 15) is 5.11 Å². The SMILES string of the molecule is CC(C)NCC(O)CN1CC(C)OC(C)(C)C1. The van der Waals surface area contributed by atoms with E-state index < -0.39 is 0 Å². The van der Waals surface area contributed by atoms with Crippen molar-refractivity contribution in [2.75, 3.05) is 26.2 Å². The number of aliphatic hydroxyl groups excluding tert-OH is 1. The molecular weight excluding hydrogens is 216 g/mol. The quantitative estimate of drug-likeness (QED) is 0.752. The molecule has 0 bridgehead atoms. The van der Waals surface area contributed by atoms with Gasteiger partial charge in [0.15, 0.2) is 0 Å². The van der Waals surface area contributed by atoms with Crippen LogP contribution in [-0.4, -0.2) is 60.0 Å². The van der Waals surface area contributed by atoms with Gasteiger partial charge in [0.05, 0.1) is 17.8 Å². The smallest absolute Gasteiger partial charge is 0.0791 e. The molecule has 2 atom stereocenters. The standard InChI is InChI=1S/C13H28N2O2/c1-10(2)14-6-12(16)8-15-7-11(3)17-13(4,5)9-15/h10-12,14,16H,6-9H2,1-5H3. The molecule has 0 saturated carbocycles. The molecule has 2 unspecified atom stereocenters. The monoisotopic (exact) mass is 244 g/mol. The molecule has 0 spiro atoms. The Kier molecular flexibility index (Phi) is 5.38. The van der Waals surface area contributed by atoms with Crippen LogP contribution in [0.15, 0.2) is 0 Å². The Balaban J connectivity index is 2.35. The summed E-state index contributed by atoms with van der Waals surface area (Å²) in [6.07, 6.45) is -0.0671. The predicted octanol–water partition coefficient (Wildman–Crippen LogP) is 0.845. The summed E-state index contributed by atoms with van der Waals surface area (Å²) in [4.78, 5) is 2.29. The summed E-state index contributed by atoms with van der Waals surface area (Å²) in [5.41, 5.74) is -0.108. The number of hydrogen-bond donors (Lipinski definition) is 2. The van der Waals surface area contributed by atoms with Crippen molar-refractivity contribution in [3.8, 4) is 0 Å². The van der Waals surface area contributed by atoms with Crippen molar-refractivity contribution in [1.29, 1.82) is 0 Å². The number of hydrogen-bond acceptors (Lipinski definition) is 4. The maximum atomic E-state index is 9.96. The predicted molar refractivity (Wildman–Crippen MR) is 70.2 cm³/mol. The fourth-order valence-electron chi connectivity index (χ4n) is 2.46. The van der Waals surface area contributed by atoms with E-state index in [-0.39, 0.29) is 17.8 Å². The summed E-state index contributed by atoms with van der Waals surface area (Å²) >= 11 is 0. The molecule has 0 aromatic carbocycles. The molecule has 1 rings (SSSR count). The lowest BCUT2D eigenvalue weighted by atomic mass is 10.1. The zero-order chi connectivity index (χ0) is 13.1. The van der Waals surface area contributed by atoms with Gasteiger partial charge in [-0.15, -0.1) is 0 Å². The van der Waals surface area contributed by atoms with Crippen molar-refractivity contribution >= 4 is 0 Å². The van der Waals surface area contributed by atoms with Crippen LogP contribution in [0.2, 0.25) is 0 Å². The first kappa shape index (κ1) is 14.9. The van der Waals surface area contributed by atoms with Crippen molar-refractivity contribution in [2.45, 2.75) is 58.5 Å². The Morgan fingerprint density at radius 1 is 1.47 bits per heavy atom. The maximum absolute atomic E-state index is 9.96. The van der Waals surface area contributed by atoms with E-state index in [2.05, 4.69) is 44.8 Å². The molecular formula is C13H28N2O2. The molecule has 1 fully saturated rings. The Bertz CT molecular complexity index is 231. The molecule has 1 heterocycles. The lowest BCUT2D eigenvalue weighted by Gasteiger charge is -2.42. The highest BCUT2D eigenvalue weighted by molar-refractivity contribution is 4.83. The van der Waals surface area contributed by atoms with Gasteiger partial charge in [0.1, 0.15) is 0 Å². The Labute approximate surface area is 105 Å². The minimum Gasteiger partial charge on any atom is -0.390 e. The summed E-state index contributed by atoms with van der Waals surface area (Å²) < 4.78 is 5.84. The summed E-state index contributed by atoms with van der Waals surface area (Å²) in [7, 11) is 0. The summed E-state index contributed by atoms with van der Waals surface area (Å²) in [5.74, 6) is 0. The van der Waals surface area contributed by atoms with Gasteiger partial charge in [-0.2, -0.15) is 0 Å². The lowest BCUT2D eigenvalue weighted by Crippen LogP contribution is -2.54. The molecule has 1 aliphatic rings. The first-order valence-corrected chi connectivity index (χ1v) is 6.60. The van der Waals surface area contributed by atoms with Crippen LogP contribution in [0.3, 0.4) is 0 Å². The van der Waals surface area contributed by atoms with Crippen molar-refractivity contribution < 1.29 is 9.84 Å². The van der Waals surface area contributed by atoms with Crippen LogP contribution in [0.5, 0.6) is 0 Å². The van der Waals surface area contributed by atoms with Crippen molar-refractivity contribution in [2.24, 2.45) is 0 Å². The van der Waals surface area contributed by atoms with E-state index in [0.717, 1.165) is 19.6 Å². The Morgan fingerprint density at radius 3 is 2.65 bits per heavy atom. The minimum atomic E-state index is -0.307. The van der Waals surface area contributed by atoms with E-state index in [1.165, 1.54) is 0 Å². The summed E-state index contributed by atoms with van der Waals surface area (Å²) in [6.45, 7) is 13.6. The third-order valence-electron chi connectivity index (χ3n) is 2.87. The average Bonchev–Trinajstić information content (AvgIpc) is 2.11. The van der Waals surface area contributed by atoms with E-state index in [4.69, 9.17) is 4.74 Å². The van der Waals surface area contributed by atoms with Crippen molar-refractivity contribution in [3.63, 3.8) is 0 Å². The second kappa shape index (κ2) is 6.14. The molecule has 0 amide bonds. The molecule has 0 aromatic rings. The van der Waals surface area contributed by atoms with E-state index in [0.29, 0.717) is 12.6 Å². The zero-order valence-electron chi connectivity index (χ0n) is 11.9. The van der Waals surface area contributed by atoms with Crippen LogP contribution in [0.25, 0.3) is 0 Å². The van der Waals surface area contributed by atoms with E-state index >= 15 is 0 Å². The fourth-order valence-corrected chi connectivity index (χ4v) is 2.46. The van der Waals surface area contributed by atoms with Crippen LogP contribution in [0.4, 0.5) is 0 Å². The van der Waals surface area contributed by atoms with Crippen molar-refractivity contribution in [3.05, 3.63) is 0 Å². The highest BCUT2D eigenvalue weighted by Crippen LogP contribution is 2.20. The molecule has 0 aromatic heterocycles. The summed E-state index contributed by atoms with van der Waals surface area (Å²) in [5, 5.41) is 13.2. The molecule has 1 aliphatic heterocycles. The van der Waals surface area contributed by atoms with Gasteiger partial charge in [0.2, 0.25) is 0 Å². The van der Waals surface area contributed by atoms with Gasteiger partial charge in [0, 0.05) is 32.2 Å². The molecule has 4 heteroatoms. The molecule has 0 radical (unpaired) electrons. The normalized spacial score (nSPS) is 27.4. The number of nitrogens with one attached hydrogen (secondary N) is 1. The molecule has 2 N–H and O–H groups in total. The van der Waals surface area contributed by atoms with Gasteiger partial charge in [-0.05, 0) is 20.8 Å². The van der Waals surface area contributed by atoms with Crippen molar-refractivity contribution in [1.82, 2.24) is 10.2 Å². The molecule has 17 heavy (non-hydrogen) atoms. The molecule has 4 nitrogen and oxygen atoms in total. The summed E-state index contributed by atoms with van der Waals surface area (Å²) in [6, 6.07) is 0.421. The second-order valence-corrected chi connectivity index (χ2v) is 6.10. The molecule has 102 valence electrons. The number of rotatable bonds is 5. The number of aliphatic hydroxyl groups is 1. The number of β-amino-alcohol motifs (C(OH)–C–C–N with tert-alkyl or cyclic N) is 1. The zero-order valence-corrected chi connectivity index (χ0v) is 11.9. The van der Waals surface area contributed by atoms with Gasteiger partial charge in [-0.25, -0.2) is 0 Å². The number of nitrogens with zero attached hydrogens (tertiary/aromatic N) is 1. The third kappa shape index (κ3) is 5.82. The van der Waals surface area contributed by atoms with Gasteiger partial charge in [-0.3, -0.25) is 4.90 Å². The largest absolute Gasteiger partial charge is 0.390 e. The fraction of sp³-hybridized carbons (Fsp3) is 1.00. The van der Waals surface area contributed by atoms with Gasteiger partial charge in [-0.1, -0.05) is 13.8 Å². The van der Waals surface area contributed by atoms with Gasteiger partial charge in [0.25, 0.3) is 0 Å². The van der Waals surface area contributed by atoms with Crippen LogP contribution in [0, 0.1) is 0 Å². The number of morpholine rings is 1. The topological polar surface area (TPSA) is 44.7 Å². The number of ether oxygens (including phenoxy) is 1. The van der Waals surface area contributed by atoms with Crippen LogP contribution < -0.4 is 5.32 Å². The first-order chi connectivity index (χ1) is 7.78. The highest BCUT2D eigenvalue weighted by atomic mass is 16.5. The van der Waals surface area contributed by atoms with E-state index in [1.807, 2.05) is 0 Å². The molecule has 0 aliphatic carbocycles. The Morgan fingerprint density at radius 2 is 2.12 bits per heavy atom. The minimum absolute atomic E-state index is 0.108. The van der Waals surface area contributed by atoms with Crippen LogP contribution in [-0.2, 0) is 4.74 Å². The highest BCUT2D eigenvalue weighted by Gasteiger charge is 2.31. The Hall–Kier alpha value is -0.160.